The molecule has 0 spiro atoms. The summed E-state index contributed by atoms with van der Waals surface area (Å²) in [5.41, 5.74) is 0.382. The Morgan fingerprint density at radius 1 is 1.12 bits per heavy atom. The molecule has 0 saturated heterocycles. The third kappa shape index (κ3) is 3.59. The Morgan fingerprint density at radius 2 is 1.81 bits per heavy atom. The van der Waals surface area contributed by atoms with Crippen molar-refractivity contribution in [2.75, 3.05) is 16.8 Å². The van der Waals surface area contributed by atoms with Gasteiger partial charge in [-0.05, 0) is 32.4 Å². The molecule has 0 saturated carbocycles. The summed E-state index contributed by atoms with van der Waals surface area (Å²) in [5.74, 6) is 1.35. The number of hydrogen-bond donors (Lipinski definition) is 0. The molecule has 3 heterocycles. The summed E-state index contributed by atoms with van der Waals surface area (Å²) < 4.78 is 40.4. The third-order valence-electron chi connectivity index (χ3n) is 5.56. The summed E-state index contributed by atoms with van der Waals surface area (Å²) in [5, 5.41) is 0. The van der Waals surface area contributed by atoms with Crippen molar-refractivity contribution in [2.45, 2.75) is 45.5 Å². The minimum absolute atomic E-state index is 0.0156. The van der Waals surface area contributed by atoms with Crippen LogP contribution >= 0.6 is 0 Å². The first-order chi connectivity index (χ1) is 15.1. The first-order valence-corrected chi connectivity index (χ1v) is 10.3. The molecule has 3 aromatic rings. The number of carbonyl (C=O) groups is 1. The molecule has 7 nitrogen and oxygen atoms in total. The van der Waals surface area contributed by atoms with E-state index in [1.54, 1.807) is 35.1 Å². The predicted molar refractivity (Wildman–Crippen MR) is 115 cm³/mol. The van der Waals surface area contributed by atoms with Crippen LogP contribution in [0.4, 0.5) is 24.7 Å². The van der Waals surface area contributed by atoms with Gasteiger partial charge in [0.2, 0.25) is 11.9 Å². The number of amides is 1. The number of rotatable bonds is 4. The zero-order chi connectivity index (χ0) is 23.2. The second-order valence-corrected chi connectivity index (χ2v) is 7.90. The van der Waals surface area contributed by atoms with E-state index in [4.69, 9.17) is 4.98 Å². The van der Waals surface area contributed by atoms with Crippen molar-refractivity contribution < 1.29 is 18.0 Å². The number of alkyl halides is 3. The topological polar surface area (TPSA) is 67.2 Å². The molecule has 10 heteroatoms. The van der Waals surface area contributed by atoms with Crippen LogP contribution in [0.3, 0.4) is 0 Å². The highest BCUT2D eigenvalue weighted by Gasteiger charge is 2.38. The fourth-order valence-corrected chi connectivity index (χ4v) is 3.97. The fourth-order valence-electron chi connectivity index (χ4n) is 3.97. The van der Waals surface area contributed by atoms with Gasteiger partial charge in [-0.25, -0.2) is 9.97 Å². The molecule has 0 aliphatic carbocycles. The minimum atomic E-state index is -4.41. The maximum Gasteiger partial charge on any atom is 0.416 e. The van der Waals surface area contributed by atoms with Crippen molar-refractivity contribution in [1.29, 1.82) is 0 Å². The lowest BCUT2D eigenvalue weighted by atomic mass is 10.1. The molecule has 1 amide bonds. The largest absolute Gasteiger partial charge is 0.416 e. The van der Waals surface area contributed by atoms with Gasteiger partial charge in [-0.2, -0.15) is 18.2 Å². The lowest BCUT2D eigenvalue weighted by molar-refractivity contribution is -0.137. The summed E-state index contributed by atoms with van der Waals surface area (Å²) in [6.45, 7) is 5.95. The van der Waals surface area contributed by atoms with E-state index in [2.05, 4.69) is 9.97 Å². The van der Waals surface area contributed by atoms with E-state index in [1.807, 2.05) is 25.7 Å². The number of imidazole rings is 1. The maximum absolute atomic E-state index is 12.9. The molecule has 1 aliphatic rings. The van der Waals surface area contributed by atoms with Crippen LogP contribution in [0.5, 0.6) is 0 Å². The molecule has 0 fully saturated rings. The van der Waals surface area contributed by atoms with Gasteiger partial charge in [-0.3, -0.25) is 9.36 Å². The molecule has 0 unspecified atom stereocenters. The van der Waals surface area contributed by atoms with E-state index < -0.39 is 11.7 Å². The minimum Gasteiger partial charge on any atom is -0.340 e. The van der Waals surface area contributed by atoms with Gasteiger partial charge in [0.25, 0.3) is 0 Å². The second-order valence-electron chi connectivity index (χ2n) is 7.90. The predicted octanol–water partition coefficient (Wildman–Crippen LogP) is 4.32. The molecule has 1 aromatic carbocycles. The molecule has 32 heavy (non-hydrogen) atoms. The van der Waals surface area contributed by atoms with Crippen molar-refractivity contribution in [3.63, 3.8) is 0 Å². The van der Waals surface area contributed by atoms with Crippen molar-refractivity contribution in [3.05, 3.63) is 48.4 Å². The zero-order valence-corrected chi connectivity index (χ0v) is 18.1. The van der Waals surface area contributed by atoms with E-state index >= 15 is 0 Å². The van der Waals surface area contributed by atoms with E-state index in [0.29, 0.717) is 35.3 Å². The average Bonchev–Trinajstić information content (AvgIpc) is 3.24. The summed E-state index contributed by atoms with van der Waals surface area (Å²) in [6, 6.07) is 4.48. The van der Waals surface area contributed by atoms with Gasteiger partial charge in [0.15, 0.2) is 5.82 Å². The molecule has 0 N–H and O–H groups in total. The highest BCUT2D eigenvalue weighted by atomic mass is 19.4. The van der Waals surface area contributed by atoms with Gasteiger partial charge in [-0.15, -0.1) is 0 Å². The Kier molecular flexibility index (Phi) is 5.39. The van der Waals surface area contributed by atoms with Crippen LogP contribution in [0.1, 0.15) is 32.8 Å². The third-order valence-corrected chi connectivity index (χ3v) is 5.56. The molecule has 2 aromatic heterocycles. The van der Waals surface area contributed by atoms with Crippen molar-refractivity contribution in [1.82, 2.24) is 19.5 Å². The molecular weight excluding hydrogens is 421 g/mol. The van der Waals surface area contributed by atoms with E-state index in [1.165, 1.54) is 12.1 Å². The first-order valence-electron chi connectivity index (χ1n) is 10.3. The molecule has 0 radical (unpaired) electrons. The number of nitrogens with zero attached hydrogens (tertiary/aromatic N) is 6. The highest BCUT2D eigenvalue weighted by molar-refractivity contribution is 6.04. The summed E-state index contributed by atoms with van der Waals surface area (Å²) in [4.78, 5) is 29.8. The standard InChI is InChI=1S/C22H23F3N6O/c1-5-16-20(32)29(4)17-12-27-21(28-19(17)31(16)13(2)3)30-11-10-26-18(30)14-6-8-15(9-7-14)22(23,24)25/h6-13,16H,5H2,1-4H3/t16-/m1/s1. The van der Waals surface area contributed by atoms with Gasteiger partial charge >= 0.3 is 6.18 Å². The van der Waals surface area contributed by atoms with E-state index in [0.717, 1.165) is 12.1 Å². The van der Waals surface area contributed by atoms with Gasteiger partial charge < -0.3 is 9.80 Å². The van der Waals surface area contributed by atoms with Crippen molar-refractivity contribution in [3.8, 4) is 17.3 Å². The molecule has 1 atom stereocenters. The summed E-state index contributed by atoms with van der Waals surface area (Å²) in [6.07, 6.45) is 1.01. The lowest BCUT2D eigenvalue weighted by Crippen LogP contribution is -2.55. The van der Waals surface area contributed by atoms with Crippen LogP contribution in [-0.4, -0.2) is 44.6 Å². The van der Waals surface area contributed by atoms with Crippen LogP contribution in [0.25, 0.3) is 17.3 Å². The second kappa shape index (κ2) is 7.92. The number of aromatic nitrogens is 4. The van der Waals surface area contributed by atoms with Crippen molar-refractivity contribution >= 4 is 17.4 Å². The summed E-state index contributed by atoms with van der Waals surface area (Å²) >= 11 is 0. The van der Waals surface area contributed by atoms with E-state index in [-0.39, 0.29) is 18.0 Å². The number of hydrogen-bond acceptors (Lipinski definition) is 5. The number of likely N-dealkylation sites (N-methyl/N-ethyl adjacent to an activating group) is 1. The molecule has 168 valence electrons. The highest BCUT2D eigenvalue weighted by Crippen LogP contribution is 2.36. The Bertz CT molecular complexity index is 1140. The number of carbonyl (C=O) groups excluding carboxylic acids is 1. The monoisotopic (exact) mass is 444 g/mol. The number of fused-ring (bicyclic) bond motifs is 1. The zero-order valence-electron chi connectivity index (χ0n) is 18.1. The average molecular weight is 444 g/mol. The molecule has 0 bridgehead atoms. The lowest BCUT2D eigenvalue weighted by Gasteiger charge is -2.42. The fraction of sp³-hybridized carbons (Fsp3) is 0.364. The molecule has 4 rings (SSSR count). The Hall–Kier alpha value is -3.43. The van der Waals surface area contributed by atoms with Crippen LogP contribution in [-0.2, 0) is 11.0 Å². The first kappa shape index (κ1) is 21.8. The summed E-state index contributed by atoms with van der Waals surface area (Å²) in [7, 11) is 1.70. The van der Waals surface area contributed by atoms with Gasteiger partial charge in [0.1, 0.15) is 17.6 Å². The van der Waals surface area contributed by atoms with Gasteiger partial charge in [-0.1, -0.05) is 19.1 Å². The number of anilines is 2. The number of halogens is 3. The van der Waals surface area contributed by atoms with Crippen LogP contribution < -0.4 is 9.80 Å². The Morgan fingerprint density at radius 3 is 2.41 bits per heavy atom. The quantitative estimate of drug-likeness (QED) is 0.600. The van der Waals surface area contributed by atoms with E-state index in [9.17, 15) is 18.0 Å². The Labute approximate surface area is 183 Å². The van der Waals surface area contributed by atoms with Crippen LogP contribution in [0, 0.1) is 0 Å². The van der Waals surface area contributed by atoms with Crippen LogP contribution in [0.2, 0.25) is 0 Å². The Balaban J connectivity index is 1.79. The normalized spacial score (nSPS) is 16.6. The van der Waals surface area contributed by atoms with Gasteiger partial charge in [0.05, 0.1) is 11.8 Å². The van der Waals surface area contributed by atoms with Gasteiger partial charge in [0, 0.05) is 31.0 Å². The smallest absolute Gasteiger partial charge is 0.340 e. The SMILES string of the molecule is CC[C@@H]1C(=O)N(C)c2cnc(-n3ccnc3-c3ccc(C(F)(F)F)cc3)nc2N1C(C)C. The van der Waals surface area contributed by atoms with Crippen LogP contribution in [0.15, 0.2) is 42.9 Å². The molecular formula is C22H23F3N6O. The van der Waals surface area contributed by atoms with Crippen molar-refractivity contribution in [2.24, 2.45) is 0 Å². The maximum atomic E-state index is 12.9. The molecule has 1 aliphatic heterocycles. The number of benzene rings is 1.